The Bertz CT molecular complexity index is 1030. The predicted octanol–water partition coefficient (Wildman–Crippen LogP) is 4.33. The Balaban J connectivity index is 2.32. The lowest BCUT2D eigenvalue weighted by Gasteiger charge is -2.18. The van der Waals surface area contributed by atoms with Gasteiger partial charge in [0.15, 0.2) is 0 Å². The highest BCUT2D eigenvalue weighted by Crippen LogP contribution is 2.36. The second-order valence-electron chi connectivity index (χ2n) is 5.90. The van der Waals surface area contributed by atoms with Gasteiger partial charge in [-0.25, -0.2) is 9.37 Å². The van der Waals surface area contributed by atoms with Gasteiger partial charge in [0.2, 0.25) is 0 Å². The molecule has 4 nitrogen and oxygen atoms in total. The summed E-state index contributed by atoms with van der Waals surface area (Å²) in [4.78, 5) is 16.8. The first kappa shape index (κ1) is 17.9. The number of nitrogens with zero attached hydrogens (tertiary/aromatic N) is 2. The highest BCUT2D eigenvalue weighted by molar-refractivity contribution is 5.77. The fourth-order valence-electron chi connectivity index (χ4n) is 2.54. The van der Waals surface area contributed by atoms with Gasteiger partial charge in [0.1, 0.15) is 17.9 Å². The van der Waals surface area contributed by atoms with Crippen LogP contribution in [0.4, 0.5) is 17.6 Å². The summed E-state index contributed by atoms with van der Waals surface area (Å²) in [5.74, 6) is -1.65. The Morgan fingerprint density at radius 1 is 1.15 bits per heavy atom. The number of rotatable bonds is 3. The molecule has 0 aliphatic rings. The molecule has 2 aromatic carbocycles. The standard InChI is InChI=1S/C18H14F4N2O2/c1-10(2)26-16-8-13(19)12(18(20,21)22)7-15(16)24-9-23-14-6-4-3-5-11(14)17(24)25/h3-10H,1-2H3. The molecule has 0 radical (unpaired) electrons. The quantitative estimate of drug-likeness (QED) is 0.648. The summed E-state index contributed by atoms with van der Waals surface area (Å²) >= 11 is 0. The van der Waals surface area contributed by atoms with Gasteiger partial charge in [0.05, 0.1) is 28.3 Å². The zero-order valence-corrected chi connectivity index (χ0v) is 13.8. The van der Waals surface area contributed by atoms with Crippen LogP contribution in [0.1, 0.15) is 19.4 Å². The molecule has 136 valence electrons. The summed E-state index contributed by atoms with van der Waals surface area (Å²) in [5.41, 5.74) is -1.89. The predicted molar refractivity (Wildman–Crippen MR) is 88.1 cm³/mol. The SMILES string of the molecule is CC(C)Oc1cc(F)c(C(F)(F)F)cc1-n1cnc2ccccc2c1=O. The van der Waals surface area contributed by atoms with Crippen LogP contribution < -0.4 is 10.3 Å². The summed E-state index contributed by atoms with van der Waals surface area (Å²) in [6.07, 6.45) is -4.25. The van der Waals surface area contributed by atoms with Crippen LogP contribution in [0, 0.1) is 5.82 Å². The van der Waals surface area contributed by atoms with Crippen LogP contribution in [0.5, 0.6) is 5.75 Å². The zero-order valence-electron chi connectivity index (χ0n) is 13.8. The van der Waals surface area contributed by atoms with E-state index in [0.29, 0.717) is 17.6 Å². The second kappa shape index (κ2) is 6.44. The Hall–Kier alpha value is -2.90. The van der Waals surface area contributed by atoms with Crippen molar-refractivity contribution in [3.8, 4) is 11.4 Å². The van der Waals surface area contributed by atoms with E-state index < -0.39 is 29.2 Å². The Labute approximate surface area is 145 Å². The molecule has 0 bridgehead atoms. The minimum atomic E-state index is -4.91. The maximum absolute atomic E-state index is 13.9. The summed E-state index contributed by atoms with van der Waals surface area (Å²) < 4.78 is 59.6. The fraction of sp³-hybridized carbons (Fsp3) is 0.222. The van der Waals surface area contributed by atoms with Crippen LogP contribution in [0.2, 0.25) is 0 Å². The van der Waals surface area contributed by atoms with Gasteiger partial charge >= 0.3 is 6.18 Å². The van der Waals surface area contributed by atoms with Crippen LogP contribution >= 0.6 is 0 Å². The molecule has 3 aromatic rings. The normalized spacial score (nSPS) is 12.0. The molecule has 26 heavy (non-hydrogen) atoms. The molecule has 0 saturated carbocycles. The summed E-state index contributed by atoms with van der Waals surface area (Å²) in [6, 6.07) is 7.63. The number of hydrogen-bond donors (Lipinski definition) is 0. The number of aromatic nitrogens is 2. The molecule has 3 rings (SSSR count). The van der Waals surface area contributed by atoms with Crippen molar-refractivity contribution in [3.63, 3.8) is 0 Å². The lowest BCUT2D eigenvalue weighted by molar-refractivity contribution is -0.140. The third kappa shape index (κ3) is 3.26. The van der Waals surface area contributed by atoms with E-state index in [4.69, 9.17) is 4.74 Å². The van der Waals surface area contributed by atoms with Crippen molar-refractivity contribution < 1.29 is 22.3 Å². The molecule has 1 aromatic heterocycles. The van der Waals surface area contributed by atoms with Crippen molar-refractivity contribution in [3.05, 3.63) is 64.5 Å². The van der Waals surface area contributed by atoms with E-state index in [9.17, 15) is 22.4 Å². The number of para-hydroxylation sites is 1. The maximum atomic E-state index is 13.9. The molecule has 0 unspecified atom stereocenters. The highest BCUT2D eigenvalue weighted by Gasteiger charge is 2.35. The van der Waals surface area contributed by atoms with E-state index in [2.05, 4.69) is 4.98 Å². The van der Waals surface area contributed by atoms with Crippen molar-refractivity contribution in [1.29, 1.82) is 0 Å². The van der Waals surface area contributed by atoms with Crippen LogP contribution in [-0.2, 0) is 6.18 Å². The van der Waals surface area contributed by atoms with Crippen molar-refractivity contribution in [2.24, 2.45) is 0 Å². The van der Waals surface area contributed by atoms with Gasteiger partial charge in [-0.3, -0.25) is 9.36 Å². The van der Waals surface area contributed by atoms with Crippen molar-refractivity contribution in [1.82, 2.24) is 9.55 Å². The van der Waals surface area contributed by atoms with Gasteiger partial charge in [-0.2, -0.15) is 13.2 Å². The Kier molecular flexibility index (Phi) is 4.43. The molecule has 0 N–H and O–H groups in total. The van der Waals surface area contributed by atoms with Crippen LogP contribution in [0.25, 0.3) is 16.6 Å². The molecule has 0 atom stereocenters. The average molecular weight is 366 g/mol. The van der Waals surface area contributed by atoms with Crippen LogP contribution in [-0.4, -0.2) is 15.7 Å². The van der Waals surface area contributed by atoms with Gasteiger partial charge < -0.3 is 4.74 Å². The van der Waals surface area contributed by atoms with E-state index in [-0.39, 0.29) is 16.8 Å². The average Bonchev–Trinajstić information content (AvgIpc) is 2.54. The van der Waals surface area contributed by atoms with Gasteiger partial charge in [-0.05, 0) is 32.0 Å². The number of hydrogen-bond acceptors (Lipinski definition) is 3. The molecular weight excluding hydrogens is 352 g/mol. The molecular formula is C18H14F4N2O2. The molecule has 8 heteroatoms. The van der Waals surface area contributed by atoms with Gasteiger partial charge in [0, 0.05) is 6.07 Å². The maximum Gasteiger partial charge on any atom is 0.419 e. The lowest BCUT2D eigenvalue weighted by Crippen LogP contribution is -2.21. The highest BCUT2D eigenvalue weighted by atomic mass is 19.4. The Morgan fingerprint density at radius 3 is 2.50 bits per heavy atom. The Morgan fingerprint density at radius 2 is 1.85 bits per heavy atom. The number of fused-ring (bicyclic) bond motifs is 1. The van der Waals surface area contributed by atoms with E-state index >= 15 is 0 Å². The summed E-state index contributed by atoms with van der Waals surface area (Å²) in [5, 5.41) is 0.225. The number of ether oxygens (including phenoxy) is 1. The van der Waals surface area contributed by atoms with Crippen LogP contribution in [0.15, 0.2) is 47.5 Å². The van der Waals surface area contributed by atoms with Crippen LogP contribution in [0.3, 0.4) is 0 Å². The smallest absolute Gasteiger partial charge is 0.419 e. The first-order chi connectivity index (χ1) is 12.2. The molecule has 0 spiro atoms. The molecule has 1 heterocycles. The van der Waals surface area contributed by atoms with Crippen molar-refractivity contribution in [2.75, 3.05) is 0 Å². The lowest BCUT2D eigenvalue weighted by atomic mass is 10.1. The third-order valence-electron chi connectivity index (χ3n) is 3.64. The van der Waals surface area contributed by atoms with E-state index in [1.165, 1.54) is 6.07 Å². The van der Waals surface area contributed by atoms with Crippen molar-refractivity contribution in [2.45, 2.75) is 26.1 Å². The molecule has 0 aliphatic heterocycles. The van der Waals surface area contributed by atoms with Crippen molar-refractivity contribution >= 4 is 10.9 Å². The largest absolute Gasteiger partial charge is 0.489 e. The minimum Gasteiger partial charge on any atom is -0.489 e. The second-order valence-corrected chi connectivity index (χ2v) is 5.90. The first-order valence-electron chi connectivity index (χ1n) is 7.72. The molecule has 0 fully saturated rings. The van der Waals surface area contributed by atoms with E-state index in [1.54, 1.807) is 32.0 Å². The van der Waals surface area contributed by atoms with Gasteiger partial charge in [-0.15, -0.1) is 0 Å². The number of alkyl halides is 3. The van der Waals surface area contributed by atoms with Gasteiger partial charge in [0.25, 0.3) is 5.56 Å². The summed E-state index contributed by atoms with van der Waals surface area (Å²) in [6.45, 7) is 3.28. The van der Waals surface area contributed by atoms with E-state index in [0.717, 1.165) is 10.9 Å². The number of benzene rings is 2. The first-order valence-corrected chi connectivity index (χ1v) is 7.72. The van der Waals surface area contributed by atoms with E-state index in [1.807, 2.05) is 0 Å². The monoisotopic (exact) mass is 366 g/mol. The molecule has 0 aliphatic carbocycles. The summed E-state index contributed by atoms with van der Waals surface area (Å²) in [7, 11) is 0. The minimum absolute atomic E-state index is 0.176. The zero-order chi connectivity index (χ0) is 19.1. The third-order valence-corrected chi connectivity index (χ3v) is 3.64. The fourth-order valence-corrected chi connectivity index (χ4v) is 2.54. The number of halogens is 4. The molecule has 0 saturated heterocycles. The molecule has 0 amide bonds. The topological polar surface area (TPSA) is 44.1 Å². The van der Waals surface area contributed by atoms with Gasteiger partial charge in [-0.1, -0.05) is 12.1 Å².